The molecule has 1 aliphatic heterocycles. The Morgan fingerprint density at radius 1 is 1.19 bits per heavy atom. The van der Waals surface area contributed by atoms with Gasteiger partial charge in [0.1, 0.15) is 0 Å². The largest absolute Gasteiger partial charge is 0.308 e. The number of hydrogen-bond donors (Lipinski definition) is 1. The number of unbranched alkanes of at least 4 members (excludes halogenated alkanes) is 1. The average molecular weight is 286 g/mol. The fourth-order valence-corrected chi connectivity index (χ4v) is 4.13. The van der Waals surface area contributed by atoms with E-state index in [0.29, 0.717) is 11.6 Å². The molecule has 1 heterocycles. The molecule has 1 aromatic rings. The molecule has 1 aliphatic carbocycles. The Balaban J connectivity index is 1.66. The predicted octanol–water partition coefficient (Wildman–Crippen LogP) is 3.62. The van der Waals surface area contributed by atoms with Gasteiger partial charge >= 0.3 is 0 Å². The van der Waals surface area contributed by atoms with Gasteiger partial charge in [-0.05, 0) is 37.8 Å². The van der Waals surface area contributed by atoms with Gasteiger partial charge in [0, 0.05) is 24.7 Å². The van der Waals surface area contributed by atoms with E-state index < -0.39 is 0 Å². The molecular weight excluding hydrogens is 256 g/mol. The summed E-state index contributed by atoms with van der Waals surface area (Å²) in [4.78, 5) is 2.79. The van der Waals surface area contributed by atoms with Crippen LogP contribution in [0.3, 0.4) is 0 Å². The molecule has 2 fully saturated rings. The first-order valence-electron chi connectivity index (χ1n) is 8.84. The zero-order chi connectivity index (χ0) is 14.5. The number of piperazine rings is 1. The van der Waals surface area contributed by atoms with Crippen LogP contribution < -0.4 is 5.32 Å². The lowest BCUT2D eigenvalue weighted by atomic mass is 9.90. The van der Waals surface area contributed by atoms with Crippen molar-refractivity contribution in [1.29, 1.82) is 0 Å². The van der Waals surface area contributed by atoms with Crippen LogP contribution in [0.4, 0.5) is 0 Å². The molecule has 2 aliphatic rings. The minimum absolute atomic E-state index is 0.445. The van der Waals surface area contributed by atoms with E-state index >= 15 is 0 Å². The molecule has 0 bridgehead atoms. The highest BCUT2D eigenvalue weighted by Gasteiger charge is 2.40. The second-order valence-corrected chi connectivity index (χ2v) is 7.04. The zero-order valence-corrected chi connectivity index (χ0v) is 13.5. The summed E-state index contributed by atoms with van der Waals surface area (Å²) in [5.41, 5.74) is 1.93. The van der Waals surface area contributed by atoms with Crippen molar-refractivity contribution in [3.8, 4) is 0 Å². The van der Waals surface area contributed by atoms with Gasteiger partial charge in [0.25, 0.3) is 0 Å². The molecule has 0 radical (unpaired) electrons. The van der Waals surface area contributed by atoms with Crippen LogP contribution in [0.1, 0.15) is 51.0 Å². The van der Waals surface area contributed by atoms with E-state index in [0.717, 1.165) is 0 Å². The summed E-state index contributed by atoms with van der Waals surface area (Å²) in [5.74, 6) is 0. The summed E-state index contributed by atoms with van der Waals surface area (Å²) in [6.45, 7) is 6.01. The third-order valence-corrected chi connectivity index (χ3v) is 5.41. The first kappa shape index (κ1) is 15.1. The quantitative estimate of drug-likeness (QED) is 0.889. The van der Waals surface area contributed by atoms with Crippen LogP contribution in [-0.4, -0.2) is 36.1 Å². The van der Waals surface area contributed by atoms with E-state index in [4.69, 9.17) is 0 Å². The van der Waals surface area contributed by atoms with E-state index in [1.54, 1.807) is 0 Å². The molecule has 2 nitrogen and oxygen atoms in total. The third-order valence-electron chi connectivity index (χ3n) is 5.41. The van der Waals surface area contributed by atoms with Gasteiger partial charge in [-0.15, -0.1) is 0 Å². The van der Waals surface area contributed by atoms with Crippen molar-refractivity contribution in [2.24, 2.45) is 0 Å². The number of benzene rings is 1. The number of hydrogen-bond acceptors (Lipinski definition) is 2. The van der Waals surface area contributed by atoms with Crippen molar-refractivity contribution in [3.63, 3.8) is 0 Å². The highest BCUT2D eigenvalue weighted by atomic mass is 15.3. The second-order valence-electron chi connectivity index (χ2n) is 7.04. The Hall–Kier alpha value is -0.860. The van der Waals surface area contributed by atoms with Crippen LogP contribution in [0.2, 0.25) is 0 Å². The maximum absolute atomic E-state index is 3.93. The fourth-order valence-electron chi connectivity index (χ4n) is 4.13. The molecule has 1 N–H and O–H groups in total. The van der Waals surface area contributed by atoms with E-state index in [1.807, 2.05) is 0 Å². The Morgan fingerprint density at radius 3 is 2.67 bits per heavy atom. The number of nitrogens with one attached hydrogen (secondary N) is 1. The molecule has 1 saturated heterocycles. The Morgan fingerprint density at radius 2 is 1.95 bits per heavy atom. The molecule has 2 heteroatoms. The Bertz CT molecular complexity index is 422. The van der Waals surface area contributed by atoms with Gasteiger partial charge in [-0.2, -0.15) is 0 Å². The van der Waals surface area contributed by atoms with Crippen LogP contribution in [-0.2, 0) is 6.42 Å². The summed E-state index contributed by atoms with van der Waals surface area (Å²) in [6, 6.07) is 11.7. The zero-order valence-electron chi connectivity index (χ0n) is 13.5. The molecule has 116 valence electrons. The van der Waals surface area contributed by atoms with Crippen molar-refractivity contribution in [2.45, 2.75) is 63.5 Å². The number of rotatable bonds is 5. The monoisotopic (exact) mass is 286 g/mol. The standard InChI is InChI=1S/C19H30N2/c1-2-3-13-21-16-19(11-7-8-12-19)20-15-18(21)14-17-9-5-4-6-10-17/h4-6,9-10,18,20H,2-3,7-8,11-16H2,1H3. The highest BCUT2D eigenvalue weighted by molar-refractivity contribution is 5.17. The van der Waals surface area contributed by atoms with E-state index in [1.165, 1.54) is 70.1 Å². The van der Waals surface area contributed by atoms with Crippen LogP contribution in [0.5, 0.6) is 0 Å². The van der Waals surface area contributed by atoms with Gasteiger partial charge in [-0.3, -0.25) is 4.90 Å². The lowest BCUT2D eigenvalue weighted by Crippen LogP contribution is -2.63. The van der Waals surface area contributed by atoms with E-state index in [9.17, 15) is 0 Å². The first-order chi connectivity index (χ1) is 10.3. The number of nitrogens with zero attached hydrogens (tertiary/aromatic N) is 1. The van der Waals surface area contributed by atoms with Crippen LogP contribution in [0, 0.1) is 0 Å². The van der Waals surface area contributed by atoms with Crippen molar-refractivity contribution in [2.75, 3.05) is 19.6 Å². The lowest BCUT2D eigenvalue weighted by Gasteiger charge is -2.46. The summed E-state index contributed by atoms with van der Waals surface area (Å²) in [5, 5.41) is 3.93. The Labute approximate surface area is 129 Å². The van der Waals surface area contributed by atoms with Gasteiger partial charge in [0.2, 0.25) is 0 Å². The van der Waals surface area contributed by atoms with Crippen LogP contribution >= 0.6 is 0 Å². The van der Waals surface area contributed by atoms with Crippen LogP contribution in [0.15, 0.2) is 30.3 Å². The molecule has 1 unspecified atom stereocenters. The summed E-state index contributed by atoms with van der Waals surface area (Å²) in [7, 11) is 0. The third kappa shape index (κ3) is 3.67. The van der Waals surface area contributed by atoms with E-state index in [-0.39, 0.29) is 0 Å². The van der Waals surface area contributed by atoms with Gasteiger partial charge in [-0.25, -0.2) is 0 Å². The topological polar surface area (TPSA) is 15.3 Å². The average Bonchev–Trinajstić information content (AvgIpc) is 2.97. The Kier molecular flexibility index (Phi) is 4.97. The molecule has 1 saturated carbocycles. The van der Waals surface area contributed by atoms with Crippen molar-refractivity contribution in [1.82, 2.24) is 10.2 Å². The van der Waals surface area contributed by atoms with Crippen molar-refractivity contribution >= 4 is 0 Å². The summed E-state index contributed by atoms with van der Waals surface area (Å²) in [6.07, 6.45) is 9.42. The van der Waals surface area contributed by atoms with Gasteiger partial charge in [0.15, 0.2) is 0 Å². The van der Waals surface area contributed by atoms with Gasteiger partial charge < -0.3 is 5.32 Å². The van der Waals surface area contributed by atoms with Crippen LogP contribution in [0.25, 0.3) is 0 Å². The predicted molar refractivity (Wildman–Crippen MR) is 89.6 cm³/mol. The molecule has 1 atom stereocenters. The minimum Gasteiger partial charge on any atom is -0.308 e. The molecule has 0 aromatic heterocycles. The van der Waals surface area contributed by atoms with Crippen molar-refractivity contribution in [3.05, 3.63) is 35.9 Å². The maximum atomic E-state index is 3.93. The fraction of sp³-hybridized carbons (Fsp3) is 0.684. The maximum Gasteiger partial charge on any atom is 0.0309 e. The minimum atomic E-state index is 0.445. The van der Waals surface area contributed by atoms with E-state index in [2.05, 4.69) is 47.5 Å². The lowest BCUT2D eigenvalue weighted by molar-refractivity contribution is 0.0791. The molecule has 0 amide bonds. The smallest absolute Gasteiger partial charge is 0.0309 e. The molecule has 1 aromatic carbocycles. The highest BCUT2D eigenvalue weighted by Crippen LogP contribution is 2.33. The summed E-state index contributed by atoms with van der Waals surface area (Å²) >= 11 is 0. The first-order valence-corrected chi connectivity index (χ1v) is 8.84. The molecule has 3 rings (SSSR count). The molecule has 21 heavy (non-hydrogen) atoms. The molecule has 1 spiro atoms. The SMILES string of the molecule is CCCCN1CC2(CCCC2)NCC1Cc1ccccc1. The molecular formula is C19H30N2. The van der Waals surface area contributed by atoms with Gasteiger partial charge in [0.05, 0.1) is 0 Å². The summed E-state index contributed by atoms with van der Waals surface area (Å²) < 4.78 is 0. The van der Waals surface area contributed by atoms with Gasteiger partial charge in [-0.1, -0.05) is 56.5 Å². The van der Waals surface area contributed by atoms with Crippen molar-refractivity contribution < 1.29 is 0 Å². The second kappa shape index (κ2) is 6.93. The normalized spacial score (nSPS) is 25.5.